The standard InChI is InChI=1S/C21H25N3O3/c1-6-15-18(24-11-9-21(2,27-5)10-12-24)16-13-14(20(26)23(3)4)7-8-17(16)22-19(15)25/h1,7-8,13H,9-12H2,2-5H3,(H,22,25). The van der Waals surface area contributed by atoms with Crippen molar-refractivity contribution < 1.29 is 9.53 Å². The van der Waals surface area contributed by atoms with E-state index in [-0.39, 0.29) is 17.1 Å². The number of pyridine rings is 1. The second-order valence-electron chi connectivity index (χ2n) is 7.42. The molecule has 2 heterocycles. The molecule has 1 aromatic carbocycles. The number of nitrogens with zero attached hydrogens (tertiary/aromatic N) is 2. The number of ether oxygens (including phenoxy) is 1. The van der Waals surface area contributed by atoms with Gasteiger partial charge in [0.2, 0.25) is 0 Å². The van der Waals surface area contributed by atoms with E-state index in [4.69, 9.17) is 11.2 Å². The largest absolute Gasteiger partial charge is 0.378 e. The quantitative estimate of drug-likeness (QED) is 0.845. The van der Waals surface area contributed by atoms with Crippen LogP contribution in [0.4, 0.5) is 5.69 Å². The number of benzene rings is 1. The first kappa shape index (κ1) is 19.0. The van der Waals surface area contributed by atoms with Crippen molar-refractivity contribution in [3.8, 4) is 12.3 Å². The second-order valence-corrected chi connectivity index (χ2v) is 7.42. The monoisotopic (exact) mass is 367 g/mol. The highest BCUT2D eigenvalue weighted by molar-refractivity contribution is 6.02. The fourth-order valence-electron chi connectivity index (χ4n) is 3.54. The summed E-state index contributed by atoms with van der Waals surface area (Å²) in [6, 6.07) is 5.30. The SMILES string of the molecule is C#Cc1c(N2CCC(C)(OC)CC2)c2cc(C(=O)N(C)C)ccc2[nH]c1=O. The van der Waals surface area contributed by atoms with Crippen molar-refractivity contribution in [1.29, 1.82) is 0 Å². The van der Waals surface area contributed by atoms with E-state index in [2.05, 4.69) is 22.7 Å². The van der Waals surface area contributed by atoms with Crippen LogP contribution in [0.2, 0.25) is 0 Å². The normalized spacial score (nSPS) is 16.2. The molecule has 6 heteroatoms. The molecule has 142 valence electrons. The number of hydrogen-bond acceptors (Lipinski definition) is 4. The minimum Gasteiger partial charge on any atom is -0.378 e. The predicted octanol–water partition coefficient (Wildman–Crippen LogP) is 2.22. The van der Waals surface area contributed by atoms with Crippen molar-refractivity contribution in [3.63, 3.8) is 0 Å². The Kier molecular flexibility index (Phi) is 4.99. The molecule has 0 aliphatic carbocycles. The Morgan fingerprint density at radius 3 is 2.56 bits per heavy atom. The average Bonchev–Trinajstić information content (AvgIpc) is 2.66. The molecule has 3 rings (SSSR count). The van der Waals surface area contributed by atoms with Gasteiger partial charge >= 0.3 is 0 Å². The lowest BCUT2D eigenvalue weighted by molar-refractivity contribution is -0.0132. The number of amides is 1. The first-order valence-corrected chi connectivity index (χ1v) is 8.98. The van der Waals surface area contributed by atoms with E-state index in [1.165, 1.54) is 4.90 Å². The van der Waals surface area contributed by atoms with Crippen molar-refractivity contribution in [3.05, 3.63) is 39.7 Å². The number of aromatic nitrogens is 1. The van der Waals surface area contributed by atoms with E-state index < -0.39 is 0 Å². The summed E-state index contributed by atoms with van der Waals surface area (Å²) in [5.74, 6) is 2.45. The molecule has 1 saturated heterocycles. The minimum atomic E-state index is -0.285. The Morgan fingerprint density at radius 1 is 1.33 bits per heavy atom. The lowest BCUT2D eigenvalue weighted by Crippen LogP contribution is -2.44. The van der Waals surface area contributed by atoms with Crippen LogP contribution in [0.1, 0.15) is 35.7 Å². The summed E-state index contributed by atoms with van der Waals surface area (Å²) in [6.07, 6.45) is 7.34. The highest BCUT2D eigenvalue weighted by atomic mass is 16.5. The molecule has 2 aromatic rings. The minimum absolute atomic E-state index is 0.0955. The fraction of sp³-hybridized carbons (Fsp3) is 0.429. The maximum Gasteiger partial charge on any atom is 0.266 e. The summed E-state index contributed by atoms with van der Waals surface area (Å²) < 4.78 is 5.62. The van der Waals surface area contributed by atoms with Gasteiger partial charge in [0.1, 0.15) is 5.56 Å². The second kappa shape index (κ2) is 7.09. The van der Waals surface area contributed by atoms with E-state index in [0.29, 0.717) is 16.6 Å². The molecule has 0 atom stereocenters. The van der Waals surface area contributed by atoms with Crippen LogP contribution in [0.25, 0.3) is 10.9 Å². The van der Waals surface area contributed by atoms with Gasteiger partial charge < -0.3 is 19.5 Å². The van der Waals surface area contributed by atoms with Gasteiger partial charge in [0.15, 0.2) is 0 Å². The first-order valence-electron chi connectivity index (χ1n) is 8.98. The zero-order valence-corrected chi connectivity index (χ0v) is 16.3. The zero-order valence-electron chi connectivity index (χ0n) is 16.3. The number of terminal acetylenes is 1. The molecular formula is C21H25N3O3. The van der Waals surface area contributed by atoms with E-state index in [9.17, 15) is 9.59 Å². The van der Waals surface area contributed by atoms with E-state index in [0.717, 1.165) is 37.0 Å². The molecule has 1 aliphatic rings. The van der Waals surface area contributed by atoms with Crippen molar-refractivity contribution in [2.45, 2.75) is 25.4 Å². The maximum atomic E-state index is 12.5. The van der Waals surface area contributed by atoms with Crippen LogP contribution < -0.4 is 10.5 Å². The fourth-order valence-corrected chi connectivity index (χ4v) is 3.54. The summed E-state index contributed by atoms with van der Waals surface area (Å²) in [5, 5.41) is 0.788. The molecule has 0 unspecified atom stereocenters. The predicted molar refractivity (Wildman–Crippen MR) is 107 cm³/mol. The number of aromatic amines is 1. The van der Waals surface area contributed by atoms with E-state index >= 15 is 0 Å². The van der Waals surface area contributed by atoms with Crippen LogP contribution in [-0.2, 0) is 4.74 Å². The highest BCUT2D eigenvalue weighted by Gasteiger charge is 2.31. The number of carbonyl (C=O) groups excluding carboxylic acids is 1. The van der Waals surface area contributed by atoms with Gasteiger partial charge in [0.25, 0.3) is 11.5 Å². The zero-order chi connectivity index (χ0) is 19.8. The van der Waals surface area contributed by atoms with Gasteiger partial charge in [0, 0.05) is 45.2 Å². The summed E-state index contributed by atoms with van der Waals surface area (Å²) in [6.45, 7) is 3.54. The van der Waals surface area contributed by atoms with Gasteiger partial charge in [-0.25, -0.2) is 0 Å². The summed E-state index contributed by atoms with van der Waals surface area (Å²) >= 11 is 0. The van der Waals surface area contributed by atoms with Crippen LogP contribution in [-0.4, -0.2) is 55.7 Å². The molecule has 1 fully saturated rings. The van der Waals surface area contributed by atoms with Crippen molar-refractivity contribution in [1.82, 2.24) is 9.88 Å². The highest BCUT2D eigenvalue weighted by Crippen LogP contribution is 2.33. The molecule has 6 nitrogen and oxygen atoms in total. The van der Waals surface area contributed by atoms with Gasteiger partial charge in [-0.2, -0.15) is 0 Å². The van der Waals surface area contributed by atoms with Crippen LogP contribution in [0.5, 0.6) is 0 Å². The molecule has 0 saturated carbocycles. The Balaban J connectivity index is 2.17. The Hall–Kier alpha value is -2.78. The van der Waals surface area contributed by atoms with Gasteiger partial charge in [-0.3, -0.25) is 9.59 Å². The number of rotatable bonds is 3. The van der Waals surface area contributed by atoms with Crippen LogP contribution >= 0.6 is 0 Å². The molecule has 1 aliphatic heterocycles. The van der Waals surface area contributed by atoms with E-state index in [1.54, 1.807) is 33.3 Å². The lowest BCUT2D eigenvalue weighted by Gasteiger charge is -2.40. The van der Waals surface area contributed by atoms with Gasteiger partial charge in [0.05, 0.1) is 16.8 Å². The van der Waals surface area contributed by atoms with Crippen LogP contribution in [0.3, 0.4) is 0 Å². The number of methoxy groups -OCH3 is 1. The Morgan fingerprint density at radius 2 is 2.00 bits per heavy atom. The number of carbonyl (C=O) groups is 1. The maximum absolute atomic E-state index is 12.5. The van der Waals surface area contributed by atoms with Crippen molar-refractivity contribution in [2.24, 2.45) is 0 Å². The summed E-state index contributed by atoms with van der Waals surface area (Å²) in [5.41, 5.74) is 1.80. The molecular weight excluding hydrogens is 342 g/mol. The summed E-state index contributed by atoms with van der Waals surface area (Å²) in [7, 11) is 5.15. The molecule has 1 aromatic heterocycles. The molecule has 0 bridgehead atoms. The summed E-state index contributed by atoms with van der Waals surface area (Å²) in [4.78, 5) is 31.4. The van der Waals surface area contributed by atoms with Gasteiger partial charge in [-0.05, 0) is 38.0 Å². The Bertz CT molecular complexity index is 977. The number of anilines is 1. The topological polar surface area (TPSA) is 65.6 Å². The van der Waals surface area contributed by atoms with Crippen LogP contribution in [0.15, 0.2) is 23.0 Å². The number of fused-ring (bicyclic) bond motifs is 1. The third-order valence-corrected chi connectivity index (χ3v) is 5.41. The van der Waals surface area contributed by atoms with Crippen LogP contribution in [0, 0.1) is 12.3 Å². The first-order chi connectivity index (χ1) is 12.8. The molecule has 0 radical (unpaired) electrons. The van der Waals surface area contributed by atoms with Crippen molar-refractivity contribution in [2.75, 3.05) is 39.2 Å². The lowest BCUT2D eigenvalue weighted by atomic mass is 9.92. The molecule has 27 heavy (non-hydrogen) atoms. The third-order valence-electron chi connectivity index (χ3n) is 5.41. The number of nitrogens with one attached hydrogen (secondary N) is 1. The number of hydrogen-bond donors (Lipinski definition) is 1. The smallest absolute Gasteiger partial charge is 0.266 e. The molecule has 0 spiro atoms. The van der Waals surface area contributed by atoms with E-state index in [1.807, 2.05) is 6.07 Å². The number of H-pyrrole nitrogens is 1. The van der Waals surface area contributed by atoms with Gasteiger partial charge in [-0.1, -0.05) is 5.92 Å². The third kappa shape index (κ3) is 3.43. The Labute approximate surface area is 159 Å². The van der Waals surface area contributed by atoms with Crippen molar-refractivity contribution >= 4 is 22.5 Å². The molecule has 1 N–H and O–H groups in total. The van der Waals surface area contributed by atoms with Gasteiger partial charge in [-0.15, -0.1) is 6.42 Å². The average molecular weight is 367 g/mol. The molecule has 1 amide bonds. The number of piperidine rings is 1.